The summed E-state index contributed by atoms with van der Waals surface area (Å²) in [7, 11) is 1.45. The van der Waals surface area contributed by atoms with E-state index in [2.05, 4.69) is 5.10 Å². The van der Waals surface area contributed by atoms with Crippen molar-refractivity contribution in [1.82, 2.24) is 9.78 Å². The Balaban J connectivity index is 2.42. The number of halogens is 3. The predicted molar refractivity (Wildman–Crippen MR) is 66.4 cm³/mol. The summed E-state index contributed by atoms with van der Waals surface area (Å²) in [6.45, 7) is 1.47. The van der Waals surface area contributed by atoms with Crippen molar-refractivity contribution in [2.24, 2.45) is 7.05 Å². The molecule has 0 radical (unpaired) electrons. The zero-order valence-corrected chi connectivity index (χ0v) is 11.1. The zero-order valence-electron chi connectivity index (χ0n) is 11.1. The molecule has 1 aromatic heterocycles. The molecule has 0 atom stereocenters. The van der Waals surface area contributed by atoms with Gasteiger partial charge in [-0.05, 0) is 25.1 Å². The number of benzene rings is 1. The maximum Gasteiger partial charge on any atom is 0.416 e. The molecule has 0 bridgehead atoms. The first-order chi connectivity index (χ1) is 9.70. The summed E-state index contributed by atoms with van der Waals surface area (Å²) < 4.78 is 44.3. The highest BCUT2D eigenvalue weighted by Gasteiger charge is 2.31. The standard InChI is InChI=1S/C13H11F3N2O3/c1-7-10(12(19)20)11(18(2)17-7)21-9-5-3-4-8(6-9)13(14,15)16/h3-6H,1-2H3,(H,19,20). The highest BCUT2D eigenvalue weighted by Crippen LogP contribution is 2.33. The van der Waals surface area contributed by atoms with Gasteiger partial charge in [-0.2, -0.15) is 18.3 Å². The van der Waals surface area contributed by atoms with Gasteiger partial charge in [0.1, 0.15) is 11.3 Å². The van der Waals surface area contributed by atoms with Crippen LogP contribution in [0.25, 0.3) is 0 Å². The molecule has 0 spiro atoms. The first-order valence-electron chi connectivity index (χ1n) is 5.82. The molecule has 2 rings (SSSR count). The topological polar surface area (TPSA) is 64.4 Å². The molecular weight excluding hydrogens is 289 g/mol. The van der Waals surface area contributed by atoms with Crippen LogP contribution in [0.2, 0.25) is 0 Å². The molecule has 1 N–H and O–H groups in total. The van der Waals surface area contributed by atoms with Crippen molar-refractivity contribution < 1.29 is 27.8 Å². The SMILES string of the molecule is Cc1nn(C)c(Oc2cccc(C(F)(F)F)c2)c1C(=O)O. The van der Waals surface area contributed by atoms with Gasteiger partial charge in [0.05, 0.1) is 11.3 Å². The van der Waals surface area contributed by atoms with E-state index >= 15 is 0 Å². The second kappa shape index (κ2) is 5.12. The molecule has 0 saturated heterocycles. The van der Waals surface area contributed by atoms with Crippen LogP contribution in [0.5, 0.6) is 11.6 Å². The third-order valence-electron chi connectivity index (χ3n) is 2.76. The van der Waals surface area contributed by atoms with Crippen LogP contribution in [0, 0.1) is 6.92 Å². The van der Waals surface area contributed by atoms with E-state index < -0.39 is 17.7 Å². The first kappa shape index (κ1) is 14.9. The van der Waals surface area contributed by atoms with Crippen molar-refractivity contribution in [2.45, 2.75) is 13.1 Å². The second-order valence-electron chi connectivity index (χ2n) is 4.32. The van der Waals surface area contributed by atoms with Crippen LogP contribution in [0.1, 0.15) is 21.6 Å². The Kier molecular flexibility index (Phi) is 3.63. The van der Waals surface area contributed by atoms with Gasteiger partial charge in [-0.3, -0.25) is 0 Å². The Morgan fingerprint density at radius 3 is 2.62 bits per heavy atom. The normalized spacial score (nSPS) is 11.5. The number of aromatic carboxylic acids is 1. The van der Waals surface area contributed by atoms with Gasteiger partial charge in [0.15, 0.2) is 0 Å². The predicted octanol–water partition coefficient (Wildman–Crippen LogP) is 3.24. The van der Waals surface area contributed by atoms with E-state index in [1.165, 1.54) is 30.8 Å². The summed E-state index contributed by atoms with van der Waals surface area (Å²) in [6, 6.07) is 4.19. The van der Waals surface area contributed by atoms with Crippen molar-refractivity contribution >= 4 is 5.97 Å². The highest BCUT2D eigenvalue weighted by molar-refractivity contribution is 5.91. The fourth-order valence-corrected chi connectivity index (χ4v) is 1.85. The Labute approximate surface area is 117 Å². The minimum absolute atomic E-state index is 0.115. The number of carboxylic acids is 1. The zero-order chi connectivity index (χ0) is 15.8. The van der Waals surface area contributed by atoms with Crippen LogP contribution in [0.4, 0.5) is 13.2 Å². The number of nitrogens with zero attached hydrogens (tertiary/aromatic N) is 2. The van der Waals surface area contributed by atoms with Crippen molar-refractivity contribution in [3.8, 4) is 11.6 Å². The molecule has 21 heavy (non-hydrogen) atoms. The Bertz CT molecular complexity index is 692. The minimum atomic E-state index is -4.50. The molecular formula is C13H11F3N2O3. The van der Waals surface area contributed by atoms with Crippen LogP contribution < -0.4 is 4.74 Å². The summed E-state index contributed by atoms with van der Waals surface area (Å²) in [5.41, 5.74) is -0.849. The summed E-state index contributed by atoms with van der Waals surface area (Å²) >= 11 is 0. The summed E-state index contributed by atoms with van der Waals surface area (Å²) in [6.07, 6.45) is -4.50. The van der Waals surface area contributed by atoms with E-state index in [0.717, 1.165) is 12.1 Å². The molecule has 8 heteroatoms. The molecule has 0 fully saturated rings. The number of aromatic nitrogens is 2. The lowest BCUT2D eigenvalue weighted by Gasteiger charge is -2.10. The van der Waals surface area contributed by atoms with Crippen LogP contribution in [0.3, 0.4) is 0 Å². The number of rotatable bonds is 3. The average Bonchev–Trinajstić information content (AvgIpc) is 2.63. The quantitative estimate of drug-likeness (QED) is 0.945. The Morgan fingerprint density at radius 1 is 1.38 bits per heavy atom. The van der Waals surface area contributed by atoms with Crippen LogP contribution in [0.15, 0.2) is 24.3 Å². The number of carbonyl (C=O) groups is 1. The molecule has 0 saturated carbocycles. The van der Waals surface area contributed by atoms with Crippen LogP contribution in [-0.2, 0) is 13.2 Å². The van der Waals surface area contributed by atoms with Gasteiger partial charge < -0.3 is 9.84 Å². The lowest BCUT2D eigenvalue weighted by atomic mass is 10.2. The average molecular weight is 300 g/mol. The summed E-state index contributed by atoms with van der Waals surface area (Å²) in [5, 5.41) is 13.0. The number of alkyl halides is 3. The van der Waals surface area contributed by atoms with Gasteiger partial charge >= 0.3 is 12.1 Å². The molecule has 0 amide bonds. The molecule has 2 aromatic rings. The highest BCUT2D eigenvalue weighted by atomic mass is 19.4. The van der Waals surface area contributed by atoms with E-state index in [1.54, 1.807) is 0 Å². The van der Waals surface area contributed by atoms with Crippen molar-refractivity contribution in [2.75, 3.05) is 0 Å². The van der Waals surface area contributed by atoms with Gasteiger partial charge in [-0.15, -0.1) is 0 Å². The van der Waals surface area contributed by atoms with E-state index in [4.69, 9.17) is 9.84 Å². The third-order valence-corrected chi connectivity index (χ3v) is 2.76. The van der Waals surface area contributed by atoms with E-state index in [0.29, 0.717) is 0 Å². The smallest absolute Gasteiger partial charge is 0.416 e. The minimum Gasteiger partial charge on any atom is -0.477 e. The molecule has 0 unspecified atom stereocenters. The summed E-state index contributed by atoms with van der Waals surface area (Å²) in [5.74, 6) is -1.50. The maximum atomic E-state index is 12.6. The fraction of sp³-hybridized carbons (Fsp3) is 0.231. The number of hydrogen-bond donors (Lipinski definition) is 1. The maximum absolute atomic E-state index is 12.6. The number of carboxylic acid groups (broad SMARTS) is 1. The lowest BCUT2D eigenvalue weighted by molar-refractivity contribution is -0.137. The van der Waals surface area contributed by atoms with Crippen LogP contribution >= 0.6 is 0 Å². The number of hydrogen-bond acceptors (Lipinski definition) is 3. The van der Waals surface area contributed by atoms with Crippen LogP contribution in [-0.4, -0.2) is 20.9 Å². The molecule has 0 aliphatic carbocycles. The lowest BCUT2D eigenvalue weighted by Crippen LogP contribution is -2.05. The van der Waals surface area contributed by atoms with Gasteiger partial charge in [0.2, 0.25) is 5.88 Å². The molecule has 112 valence electrons. The molecule has 0 aliphatic heterocycles. The van der Waals surface area contributed by atoms with Gasteiger partial charge in [0, 0.05) is 7.05 Å². The van der Waals surface area contributed by atoms with Crippen molar-refractivity contribution in [1.29, 1.82) is 0 Å². The van der Waals surface area contributed by atoms with E-state index in [1.807, 2.05) is 0 Å². The Hall–Kier alpha value is -2.51. The molecule has 1 heterocycles. The van der Waals surface area contributed by atoms with Gasteiger partial charge in [-0.1, -0.05) is 6.07 Å². The van der Waals surface area contributed by atoms with Crippen molar-refractivity contribution in [3.05, 3.63) is 41.1 Å². The number of aryl methyl sites for hydroxylation is 2. The first-order valence-corrected chi connectivity index (χ1v) is 5.82. The molecule has 0 aliphatic rings. The monoisotopic (exact) mass is 300 g/mol. The summed E-state index contributed by atoms with van der Waals surface area (Å²) in [4.78, 5) is 11.2. The second-order valence-corrected chi connectivity index (χ2v) is 4.32. The van der Waals surface area contributed by atoms with Gasteiger partial charge in [0.25, 0.3) is 0 Å². The fourth-order valence-electron chi connectivity index (χ4n) is 1.85. The molecule has 1 aromatic carbocycles. The third kappa shape index (κ3) is 2.99. The number of ether oxygens (including phenoxy) is 1. The van der Waals surface area contributed by atoms with E-state index in [-0.39, 0.29) is 22.9 Å². The van der Waals surface area contributed by atoms with Crippen molar-refractivity contribution in [3.63, 3.8) is 0 Å². The largest absolute Gasteiger partial charge is 0.477 e. The van der Waals surface area contributed by atoms with Gasteiger partial charge in [-0.25, -0.2) is 9.48 Å². The Morgan fingerprint density at radius 2 is 2.05 bits per heavy atom. The van der Waals surface area contributed by atoms with E-state index in [9.17, 15) is 18.0 Å². The molecule has 5 nitrogen and oxygen atoms in total.